The first kappa shape index (κ1) is 21.3. The molecule has 7 heteroatoms. The summed E-state index contributed by atoms with van der Waals surface area (Å²) < 4.78 is 5.52. The number of thiol groups is 1. The van der Waals surface area contributed by atoms with E-state index in [0.29, 0.717) is 6.42 Å². The van der Waals surface area contributed by atoms with Crippen LogP contribution in [0.2, 0.25) is 0 Å². The molecule has 25 heavy (non-hydrogen) atoms. The second-order valence-corrected chi connectivity index (χ2v) is 6.72. The lowest BCUT2D eigenvalue weighted by molar-refractivity contribution is -0.173. The molecule has 1 aromatic carbocycles. The summed E-state index contributed by atoms with van der Waals surface area (Å²) in [5.41, 5.74) is 0.126. The minimum Gasteiger partial charge on any atom is -0.478 e. The van der Waals surface area contributed by atoms with Crippen LogP contribution in [-0.4, -0.2) is 42.6 Å². The number of carboxylic acid groups (broad SMARTS) is 1. The van der Waals surface area contributed by atoms with Crippen molar-refractivity contribution in [1.82, 2.24) is 5.32 Å². The van der Waals surface area contributed by atoms with Gasteiger partial charge in [-0.3, -0.25) is 4.79 Å². The fraction of sp³-hybridized carbons (Fsp3) is 0.556. The summed E-state index contributed by atoms with van der Waals surface area (Å²) in [6.45, 7) is 1.45. The minimum absolute atomic E-state index is 0.0937. The quantitative estimate of drug-likeness (QED) is 0.318. The zero-order valence-corrected chi connectivity index (χ0v) is 16.0. The van der Waals surface area contributed by atoms with Gasteiger partial charge in [0.1, 0.15) is 0 Å². The zero-order chi connectivity index (χ0) is 18.9. The van der Waals surface area contributed by atoms with E-state index < -0.39 is 11.7 Å². The van der Waals surface area contributed by atoms with Crippen molar-refractivity contribution < 1.29 is 19.4 Å². The van der Waals surface area contributed by atoms with E-state index >= 15 is 0 Å². The number of rotatable bonds is 11. The molecule has 1 unspecified atom stereocenters. The molecular weight excluding hydrogens is 340 g/mol. The number of aliphatic carboxylic acids is 1. The first-order valence-electron chi connectivity index (χ1n) is 8.34. The van der Waals surface area contributed by atoms with Crippen LogP contribution in [0.5, 0.6) is 0 Å². The molecule has 1 aromatic rings. The molecular formula is C18H28N2O4S. The lowest BCUT2D eigenvalue weighted by Gasteiger charge is -2.26. The monoisotopic (exact) mass is 368 g/mol. The van der Waals surface area contributed by atoms with Gasteiger partial charge in [-0.05, 0) is 43.2 Å². The van der Waals surface area contributed by atoms with Crippen molar-refractivity contribution in [3.8, 4) is 0 Å². The van der Waals surface area contributed by atoms with Gasteiger partial charge < -0.3 is 20.1 Å². The predicted molar refractivity (Wildman–Crippen MR) is 102 cm³/mol. The summed E-state index contributed by atoms with van der Waals surface area (Å²) in [6, 6.07) is 7.60. The maximum absolute atomic E-state index is 12.0. The molecule has 0 fully saturated rings. The molecule has 0 aromatic heterocycles. The number of carbonyl (C=O) groups excluding carboxylic acids is 1. The summed E-state index contributed by atoms with van der Waals surface area (Å²) in [5.74, 6) is -0.766. The zero-order valence-electron chi connectivity index (χ0n) is 15.1. The van der Waals surface area contributed by atoms with E-state index in [1.54, 1.807) is 0 Å². The number of nitrogens with one attached hydrogen (secondary N) is 1. The van der Waals surface area contributed by atoms with Crippen LogP contribution in [0.25, 0.3) is 0 Å². The van der Waals surface area contributed by atoms with Gasteiger partial charge in [0.15, 0.2) is 0 Å². The van der Waals surface area contributed by atoms with Crippen LogP contribution in [0.15, 0.2) is 24.3 Å². The molecule has 0 heterocycles. The third-order valence-electron chi connectivity index (χ3n) is 3.83. The van der Waals surface area contributed by atoms with E-state index in [-0.39, 0.29) is 18.9 Å². The summed E-state index contributed by atoms with van der Waals surface area (Å²) in [7, 11) is 3.89. The maximum atomic E-state index is 12.0. The molecule has 0 saturated heterocycles. The number of benzene rings is 1. The van der Waals surface area contributed by atoms with Gasteiger partial charge in [0, 0.05) is 26.2 Å². The highest BCUT2D eigenvalue weighted by Crippen LogP contribution is 2.16. The fourth-order valence-corrected chi connectivity index (χ4v) is 2.40. The first-order valence-corrected chi connectivity index (χ1v) is 8.97. The Hall–Kier alpha value is -1.73. The van der Waals surface area contributed by atoms with Crippen molar-refractivity contribution in [2.45, 2.75) is 44.9 Å². The van der Waals surface area contributed by atoms with Crippen molar-refractivity contribution >= 4 is 30.2 Å². The van der Waals surface area contributed by atoms with Crippen LogP contribution < -0.4 is 10.2 Å². The van der Waals surface area contributed by atoms with Crippen LogP contribution in [-0.2, 0) is 20.9 Å². The second-order valence-electron chi connectivity index (χ2n) is 6.27. The van der Waals surface area contributed by atoms with E-state index in [4.69, 9.17) is 4.74 Å². The molecule has 1 amide bonds. The highest BCUT2D eigenvalue weighted by molar-refractivity contribution is 7.80. The topological polar surface area (TPSA) is 78.9 Å². The summed E-state index contributed by atoms with van der Waals surface area (Å²) >= 11 is 4.12. The first-order chi connectivity index (χ1) is 11.8. The molecule has 0 aliphatic rings. The van der Waals surface area contributed by atoms with E-state index in [2.05, 4.69) is 17.9 Å². The lowest BCUT2D eigenvalue weighted by Crippen LogP contribution is -2.54. The van der Waals surface area contributed by atoms with Gasteiger partial charge in [0.2, 0.25) is 11.6 Å². The van der Waals surface area contributed by atoms with E-state index in [1.807, 2.05) is 43.3 Å². The van der Waals surface area contributed by atoms with Gasteiger partial charge in [0.05, 0.1) is 6.61 Å². The normalized spacial score (nSPS) is 13.1. The molecule has 0 bridgehead atoms. The average molecular weight is 368 g/mol. The number of carbonyl (C=O) groups is 2. The number of unbranched alkanes of at least 4 members (excludes halogenated alkanes) is 2. The SMILES string of the molecule is CN(C)c1ccc(COC(C)(NC(=O)CCCCCS)C(=O)O)cc1. The number of nitrogens with zero attached hydrogens (tertiary/aromatic N) is 1. The Morgan fingerprint density at radius 3 is 2.36 bits per heavy atom. The largest absolute Gasteiger partial charge is 0.478 e. The van der Waals surface area contributed by atoms with E-state index in [9.17, 15) is 14.7 Å². The summed E-state index contributed by atoms with van der Waals surface area (Å²) in [4.78, 5) is 25.5. The van der Waals surface area contributed by atoms with Crippen molar-refractivity contribution in [1.29, 1.82) is 0 Å². The standard InChI is InChI=1S/C18H28N2O4S/c1-18(17(22)23,19-16(21)7-5-4-6-12-25)24-13-14-8-10-15(11-9-14)20(2)3/h8-11,25H,4-7,12-13H2,1-3H3,(H,19,21)(H,22,23). The Bertz CT molecular complexity index is 563. The molecule has 140 valence electrons. The van der Waals surface area contributed by atoms with E-state index in [1.165, 1.54) is 6.92 Å². The third kappa shape index (κ3) is 7.36. The molecule has 2 N–H and O–H groups in total. The molecule has 1 atom stereocenters. The maximum Gasteiger partial charge on any atom is 0.357 e. The Morgan fingerprint density at radius 2 is 1.84 bits per heavy atom. The molecule has 0 saturated carbocycles. The third-order valence-corrected chi connectivity index (χ3v) is 4.14. The lowest BCUT2D eigenvalue weighted by atomic mass is 10.1. The number of anilines is 1. The molecule has 0 spiro atoms. The fourth-order valence-electron chi connectivity index (χ4n) is 2.17. The molecule has 1 rings (SSSR count). The van der Waals surface area contributed by atoms with Gasteiger partial charge in [-0.1, -0.05) is 18.6 Å². The molecule has 6 nitrogen and oxygen atoms in total. The Labute approximate surface area is 155 Å². The minimum atomic E-state index is -1.75. The van der Waals surface area contributed by atoms with Crippen molar-refractivity contribution in [2.75, 3.05) is 24.7 Å². The summed E-state index contributed by atoms with van der Waals surface area (Å²) in [6.07, 6.45) is 2.80. The van der Waals surface area contributed by atoms with Gasteiger partial charge >= 0.3 is 5.97 Å². The molecule has 0 radical (unpaired) electrons. The smallest absolute Gasteiger partial charge is 0.357 e. The van der Waals surface area contributed by atoms with Crippen molar-refractivity contribution in [3.05, 3.63) is 29.8 Å². The number of carboxylic acids is 1. The van der Waals surface area contributed by atoms with Gasteiger partial charge in [0.25, 0.3) is 0 Å². The van der Waals surface area contributed by atoms with Crippen LogP contribution >= 0.6 is 12.6 Å². The van der Waals surface area contributed by atoms with E-state index in [0.717, 1.165) is 29.8 Å². The average Bonchev–Trinajstić information content (AvgIpc) is 2.57. The highest BCUT2D eigenvalue weighted by Gasteiger charge is 2.36. The van der Waals surface area contributed by atoms with Gasteiger partial charge in [-0.15, -0.1) is 0 Å². The Kier molecular flexibility index (Phi) is 8.78. The van der Waals surface area contributed by atoms with Crippen LogP contribution in [0.1, 0.15) is 38.2 Å². The second kappa shape index (κ2) is 10.3. The number of hydrogen-bond acceptors (Lipinski definition) is 5. The van der Waals surface area contributed by atoms with Crippen LogP contribution in [0, 0.1) is 0 Å². The van der Waals surface area contributed by atoms with Crippen LogP contribution in [0.3, 0.4) is 0 Å². The van der Waals surface area contributed by atoms with Crippen LogP contribution in [0.4, 0.5) is 5.69 Å². The molecule has 0 aliphatic carbocycles. The predicted octanol–water partition coefficient (Wildman–Crippen LogP) is 2.68. The van der Waals surface area contributed by atoms with Gasteiger partial charge in [-0.25, -0.2) is 4.79 Å². The van der Waals surface area contributed by atoms with Crippen molar-refractivity contribution in [3.63, 3.8) is 0 Å². The number of hydrogen-bond donors (Lipinski definition) is 3. The summed E-state index contributed by atoms with van der Waals surface area (Å²) in [5, 5.41) is 11.9. The van der Waals surface area contributed by atoms with Gasteiger partial charge in [-0.2, -0.15) is 12.6 Å². The highest BCUT2D eigenvalue weighted by atomic mass is 32.1. The Morgan fingerprint density at radius 1 is 1.20 bits per heavy atom. The number of amides is 1. The molecule has 0 aliphatic heterocycles. The van der Waals surface area contributed by atoms with Crippen molar-refractivity contribution in [2.24, 2.45) is 0 Å². The Balaban J connectivity index is 2.59. The number of ether oxygens (including phenoxy) is 1.